The van der Waals surface area contributed by atoms with Crippen LogP contribution in [0.3, 0.4) is 0 Å². The van der Waals surface area contributed by atoms with Gasteiger partial charge >= 0.3 is 0 Å². The summed E-state index contributed by atoms with van der Waals surface area (Å²) in [6.45, 7) is 2.47. The number of nitrogens with one attached hydrogen (secondary N) is 1. The predicted molar refractivity (Wildman–Crippen MR) is 130 cm³/mol. The molecule has 4 aromatic rings. The minimum absolute atomic E-state index is 0.229. The van der Waals surface area contributed by atoms with Gasteiger partial charge in [0.25, 0.3) is 5.91 Å². The molecule has 2 amide bonds. The van der Waals surface area contributed by atoms with Crippen molar-refractivity contribution < 1.29 is 14.0 Å². The third-order valence-electron chi connectivity index (χ3n) is 6.01. The van der Waals surface area contributed by atoms with Crippen LogP contribution in [0.5, 0.6) is 0 Å². The molecule has 3 heterocycles. The first-order valence-corrected chi connectivity index (χ1v) is 11.4. The largest absolute Gasteiger partial charge is 0.463 e. The van der Waals surface area contributed by atoms with E-state index in [-0.39, 0.29) is 18.4 Å². The zero-order valence-electron chi connectivity index (χ0n) is 18.0. The number of nitrogens with zero attached hydrogens (tertiary/aromatic N) is 2. The Labute approximate surface area is 200 Å². The van der Waals surface area contributed by atoms with Crippen molar-refractivity contribution in [2.24, 2.45) is 0 Å². The summed E-state index contributed by atoms with van der Waals surface area (Å²) in [7, 11) is 0. The van der Waals surface area contributed by atoms with E-state index in [1.54, 1.807) is 23.3 Å². The lowest BCUT2D eigenvalue weighted by Gasteiger charge is -2.44. The van der Waals surface area contributed by atoms with Crippen molar-refractivity contribution in [2.45, 2.75) is 25.6 Å². The molecule has 0 saturated carbocycles. The zero-order valence-corrected chi connectivity index (χ0v) is 19.6. The molecule has 1 atom stereocenters. The first-order valence-electron chi connectivity index (χ1n) is 10.6. The number of rotatable bonds is 5. The number of anilines is 1. The normalized spacial score (nSPS) is 17.6. The molecule has 33 heavy (non-hydrogen) atoms. The number of carbonyl (C=O) groups is 2. The molecule has 1 aliphatic rings. The number of amides is 2. The maximum absolute atomic E-state index is 13.8. The van der Waals surface area contributed by atoms with E-state index in [0.29, 0.717) is 23.7 Å². The summed E-state index contributed by atoms with van der Waals surface area (Å²) in [5.74, 6) is 0.185. The number of aromatic nitrogens is 1. The zero-order chi connectivity index (χ0) is 23.0. The van der Waals surface area contributed by atoms with Gasteiger partial charge in [0.15, 0.2) is 0 Å². The van der Waals surface area contributed by atoms with Crippen molar-refractivity contribution in [3.63, 3.8) is 0 Å². The van der Waals surface area contributed by atoms with Crippen LogP contribution in [0.15, 0.2) is 94.0 Å². The van der Waals surface area contributed by atoms with Crippen molar-refractivity contribution in [3.8, 4) is 11.5 Å². The average molecular weight is 504 g/mol. The smallest absolute Gasteiger partial charge is 0.275 e. The second-order valence-corrected chi connectivity index (χ2v) is 9.14. The van der Waals surface area contributed by atoms with Crippen LogP contribution in [0.25, 0.3) is 11.5 Å². The van der Waals surface area contributed by atoms with E-state index in [1.165, 1.54) is 0 Å². The third kappa shape index (κ3) is 3.78. The van der Waals surface area contributed by atoms with E-state index in [0.717, 1.165) is 15.7 Å². The van der Waals surface area contributed by atoms with Crippen molar-refractivity contribution in [2.75, 3.05) is 4.90 Å². The van der Waals surface area contributed by atoms with Crippen molar-refractivity contribution >= 4 is 33.4 Å². The van der Waals surface area contributed by atoms with E-state index >= 15 is 0 Å². The number of hydrogen-bond donors (Lipinski definition) is 1. The topological polar surface area (TPSA) is 67.5 Å². The van der Waals surface area contributed by atoms with Gasteiger partial charge in [0.2, 0.25) is 5.91 Å². The van der Waals surface area contributed by atoms with Gasteiger partial charge in [-0.3, -0.25) is 14.5 Å². The van der Waals surface area contributed by atoms with Crippen LogP contribution in [0.4, 0.5) is 5.69 Å². The minimum atomic E-state index is -1.16. The average Bonchev–Trinajstić information content (AvgIpc) is 3.49. The number of benzene rings is 2. The van der Waals surface area contributed by atoms with Crippen LogP contribution in [-0.2, 0) is 17.9 Å². The SMILES string of the molecule is C[C@@]1(C(=O)NCc2ccccc2)Cn2c(ccc2-c2ccco2)C(=O)N1c1ccc(Br)cc1. The number of carbonyl (C=O) groups excluding carboxylic acids is 2. The Morgan fingerprint density at radius 1 is 1.00 bits per heavy atom. The van der Waals surface area contributed by atoms with Crippen LogP contribution in [0.1, 0.15) is 23.0 Å². The Bertz CT molecular complexity index is 1300. The van der Waals surface area contributed by atoms with Gasteiger partial charge < -0.3 is 14.3 Å². The van der Waals surface area contributed by atoms with E-state index in [2.05, 4.69) is 21.2 Å². The van der Waals surface area contributed by atoms with Gasteiger partial charge in [-0.2, -0.15) is 0 Å². The molecular weight excluding hydrogens is 482 g/mol. The highest BCUT2D eigenvalue weighted by Crippen LogP contribution is 2.36. The summed E-state index contributed by atoms with van der Waals surface area (Å²) in [4.78, 5) is 29.0. The minimum Gasteiger partial charge on any atom is -0.463 e. The molecule has 0 spiro atoms. The van der Waals surface area contributed by atoms with E-state index in [1.807, 2.05) is 78.2 Å². The molecule has 1 aliphatic heterocycles. The van der Waals surface area contributed by atoms with Crippen LogP contribution in [0, 0.1) is 0 Å². The first kappa shape index (κ1) is 21.3. The second kappa shape index (κ2) is 8.41. The Morgan fingerprint density at radius 3 is 2.42 bits per heavy atom. The molecule has 2 aromatic heterocycles. The summed E-state index contributed by atoms with van der Waals surface area (Å²) in [6, 6.07) is 24.4. The fourth-order valence-corrected chi connectivity index (χ4v) is 4.58. The number of fused-ring (bicyclic) bond motifs is 1. The summed E-state index contributed by atoms with van der Waals surface area (Å²) in [5, 5.41) is 3.04. The van der Waals surface area contributed by atoms with Gasteiger partial charge in [0.05, 0.1) is 18.5 Å². The molecular formula is C26H22BrN3O3. The molecule has 0 radical (unpaired) electrons. The molecule has 0 bridgehead atoms. The van der Waals surface area contributed by atoms with Gasteiger partial charge in [-0.15, -0.1) is 0 Å². The summed E-state index contributed by atoms with van der Waals surface area (Å²) < 4.78 is 8.36. The van der Waals surface area contributed by atoms with Crippen LogP contribution in [-0.4, -0.2) is 21.9 Å². The number of furan rings is 1. The van der Waals surface area contributed by atoms with E-state index in [4.69, 9.17) is 4.42 Å². The Hall–Kier alpha value is -3.58. The van der Waals surface area contributed by atoms with Crippen LogP contribution >= 0.6 is 15.9 Å². The summed E-state index contributed by atoms with van der Waals surface area (Å²) in [5.41, 5.74) is 1.77. The Kier molecular flexibility index (Phi) is 5.42. The monoisotopic (exact) mass is 503 g/mol. The lowest BCUT2D eigenvalue weighted by Crippen LogP contribution is -2.64. The lowest BCUT2D eigenvalue weighted by atomic mass is 9.93. The molecule has 0 saturated heterocycles. The fourth-order valence-electron chi connectivity index (χ4n) is 4.32. The van der Waals surface area contributed by atoms with Crippen molar-refractivity contribution in [3.05, 3.63) is 101 Å². The molecule has 2 aromatic carbocycles. The molecule has 166 valence electrons. The Morgan fingerprint density at radius 2 is 1.73 bits per heavy atom. The van der Waals surface area contributed by atoms with Gasteiger partial charge in [-0.25, -0.2) is 0 Å². The van der Waals surface area contributed by atoms with Gasteiger partial charge in [0, 0.05) is 16.7 Å². The maximum atomic E-state index is 13.8. The lowest BCUT2D eigenvalue weighted by molar-refractivity contribution is -0.126. The summed E-state index contributed by atoms with van der Waals surface area (Å²) >= 11 is 3.45. The molecule has 1 N–H and O–H groups in total. The molecule has 0 fully saturated rings. The first-order chi connectivity index (χ1) is 16.0. The Balaban J connectivity index is 1.56. The molecule has 7 heteroatoms. The quantitative estimate of drug-likeness (QED) is 0.404. The van der Waals surface area contributed by atoms with E-state index in [9.17, 15) is 9.59 Å². The predicted octanol–water partition coefficient (Wildman–Crippen LogP) is 5.25. The van der Waals surface area contributed by atoms with E-state index < -0.39 is 5.54 Å². The molecule has 5 rings (SSSR count). The maximum Gasteiger partial charge on any atom is 0.275 e. The van der Waals surface area contributed by atoms with Gasteiger partial charge in [-0.05, 0) is 61.0 Å². The van der Waals surface area contributed by atoms with Crippen LogP contribution in [0.2, 0.25) is 0 Å². The van der Waals surface area contributed by atoms with Crippen molar-refractivity contribution in [1.82, 2.24) is 9.88 Å². The molecule has 0 unspecified atom stereocenters. The van der Waals surface area contributed by atoms with Gasteiger partial charge in [-0.1, -0.05) is 46.3 Å². The number of halogens is 1. The summed E-state index contributed by atoms with van der Waals surface area (Å²) in [6.07, 6.45) is 1.60. The van der Waals surface area contributed by atoms with Crippen LogP contribution < -0.4 is 10.2 Å². The number of hydrogen-bond acceptors (Lipinski definition) is 3. The standard InChI is InChI=1S/C26H22BrN3O3/c1-26(25(32)28-16-18-6-3-2-4-7-18)17-29-21(23-8-5-15-33-23)13-14-22(29)24(31)30(26)20-11-9-19(27)10-12-20/h2-15H,16-17H2,1H3,(H,28,32)/t26-/m0/s1. The second-order valence-electron chi connectivity index (χ2n) is 8.23. The fraction of sp³-hybridized carbons (Fsp3) is 0.154. The third-order valence-corrected chi connectivity index (χ3v) is 6.53. The highest BCUT2D eigenvalue weighted by atomic mass is 79.9. The molecule has 0 aliphatic carbocycles. The highest BCUT2D eigenvalue weighted by molar-refractivity contribution is 9.10. The van der Waals surface area contributed by atoms with Crippen molar-refractivity contribution in [1.29, 1.82) is 0 Å². The molecule has 6 nitrogen and oxygen atoms in total. The van der Waals surface area contributed by atoms with Gasteiger partial charge in [0.1, 0.15) is 17.0 Å². The highest BCUT2D eigenvalue weighted by Gasteiger charge is 2.48.